The Kier molecular flexibility index (Phi) is 6.25. The highest BCUT2D eigenvalue weighted by Gasteiger charge is 2.14. The molecule has 0 radical (unpaired) electrons. The molecule has 1 rings (SSSR count). The van der Waals surface area contributed by atoms with Gasteiger partial charge in [0.15, 0.2) is 5.84 Å². The minimum absolute atomic E-state index is 0.0381. The lowest BCUT2D eigenvalue weighted by atomic mass is 10.2. The van der Waals surface area contributed by atoms with Crippen LogP contribution in [0.4, 0.5) is 5.69 Å². The third-order valence-corrected chi connectivity index (χ3v) is 3.99. The third-order valence-electron chi connectivity index (χ3n) is 2.44. The third kappa shape index (κ3) is 5.78. The molecule has 1 aromatic carbocycles. The van der Waals surface area contributed by atoms with Crippen LogP contribution in [0.2, 0.25) is 5.02 Å². The molecule has 0 amide bonds. The van der Waals surface area contributed by atoms with Gasteiger partial charge in [0.2, 0.25) is 10.0 Å². The van der Waals surface area contributed by atoms with Crippen molar-refractivity contribution >= 4 is 33.1 Å². The highest BCUT2D eigenvalue weighted by atomic mass is 35.5. The van der Waals surface area contributed by atoms with Gasteiger partial charge < -0.3 is 15.7 Å². The van der Waals surface area contributed by atoms with E-state index in [-0.39, 0.29) is 35.0 Å². The Morgan fingerprint density at radius 1 is 1.52 bits per heavy atom. The Morgan fingerprint density at radius 2 is 2.19 bits per heavy atom. The van der Waals surface area contributed by atoms with Crippen LogP contribution in [0, 0.1) is 0 Å². The van der Waals surface area contributed by atoms with Crippen molar-refractivity contribution in [2.75, 3.05) is 17.1 Å². The van der Waals surface area contributed by atoms with Crippen molar-refractivity contribution in [3.05, 3.63) is 28.8 Å². The van der Waals surface area contributed by atoms with Gasteiger partial charge in [0.05, 0.1) is 29.2 Å². The second-order valence-electron chi connectivity index (χ2n) is 4.52. The normalized spacial score (nSPS) is 12.7. The molecule has 0 aromatic heterocycles. The lowest BCUT2D eigenvalue weighted by molar-refractivity contribution is 0.0913. The number of nitrogens with one attached hydrogen (secondary N) is 1. The first-order valence-corrected chi connectivity index (χ1v) is 8.17. The molecule has 0 heterocycles. The lowest BCUT2D eigenvalue weighted by Gasteiger charge is -2.12. The first kappa shape index (κ1) is 17.5. The van der Waals surface area contributed by atoms with Crippen molar-refractivity contribution in [1.29, 1.82) is 0 Å². The van der Waals surface area contributed by atoms with Crippen LogP contribution in [0.25, 0.3) is 0 Å². The number of hydrogen-bond acceptors (Lipinski definition) is 5. The fraction of sp³-hybridized carbons (Fsp3) is 0.417. The van der Waals surface area contributed by atoms with Gasteiger partial charge in [-0.2, -0.15) is 0 Å². The Morgan fingerprint density at radius 3 is 2.71 bits per heavy atom. The van der Waals surface area contributed by atoms with E-state index in [1.807, 2.05) is 13.8 Å². The maximum Gasteiger partial charge on any atom is 0.235 e. The van der Waals surface area contributed by atoms with E-state index < -0.39 is 10.0 Å². The number of nitrogens with two attached hydrogens (primary N) is 1. The number of anilines is 1. The first-order chi connectivity index (χ1) is 9.75. The number of benzene rings is 1. The highest BCUT2D eigenvalue weighted by molar-refractivity contribution is 7.92. The lowest BCUT2D eigenvalue weighted by Crippen LogP contribution is -2.22. The summed E-state index contributed by atoms with van der Waals surface area (Å²) in [4.78, 5) is 0. The van der Waals surface area contributed by atoms with Gasteiger partial charge in [0, 0.05) is 5.56 Å². The number of nitrogens with zero attached hydrogens (tertiary/aromatic N) is 1. The predicted octanol–water partition coefficient (Wildman–Crippen LogP) is 1.60. The number of oxime groups is 1. The molecule has 0 saturated carbocycles. The van der Waals surface area contributed by atoms with Gasteiger partial charge in [-0.25, -0.2) is 8.42 Å². The van der Waals surface area contributed by atoms with Crippen LogP contribution in [0.15, 0.2) is 23.4 Å². The van der Waals surface area contributed by atoms with Crippen LogP contribution in [0.3, 0.4) is 0 Å². The van der Waals surface area contributed by atoms with Crippen LogP contribution < -0.4 is 10.5 Å². The molecule has 0 aliphatic rings. The van der Waals surface area contributed by atoms with E-state index in [0.717, 1.165) is 0 Å². The topological polar surface area (TPSA) is 114 Å². The van der Waals surface area contributed by atoms with Crippen molar-refractivity contribution in [2.24, 2.45) is 10.9 Å². The smallest absolute Gasteiger partial charge is 0.235 e. The van der Waals surface area contributed by atoms with Crippen LogP contribution in [0.5, 0.6) is 0 Å². The van der Waals surface area contributed by atoms with E-state index in [4.69, 9.17) is 27.3 Å². The zero-order valence-electron chi connectivity index (χ0n) is 11.7. The summed E-state index contributed by atoms with van der Waals surface area (Å²) in [6.45, 7) is 3.73. The first-order valence-electron chi connectivity index (χ1n) is 6.14. The summed E-state index contributed by atoms with van der Waals surface area (Å²) >= 11 is 5.97. The number of amidine groups is 1. The molecule has 0 atom stereocenters. The molecule has 0 fully saturated rings. The van der Waals surface area contributed by atoms with E-state index in [9.17, 15) is 8.42 Å². The van der Waals surface area contributed by atoms with Crippen LogP contribution in [-0.2, 0) is 14.8 Å². The second kappa shape index (κ2) is 7.48. The molecule has 118 valence electrons. The summed E-state index contributed by atoms with van der Waals surface area (Å²) in [6, 6.07) is 4.33. The molecule has 9 heteroatoms. The predicted molar refractivity (Wildman–Crippen MR) is 82.5 cm³/mol. The molecule has 0 unspecified atom stereocenters. The van der Waals surface area contributed by atoms with E-state index in [2.05, 4.69) is 9.88 Å². The largest absolute Gasteiger partial charge is 0.409 e. The van der Waals surface area contributed by atoms with Gasteiger partial charge in [-0.15, -0.1) is 0 Å². The fourth-order valence-corrected chi connectivity index (χ4v) is 2.64. The average Bonchev–Trinajstić information content (AvgIpc) is 2.39. The van der Waals surface area contributed by atoms with Crippen molar-refractivity contribution in [2.45, 2.75) is 20.0 Å². The highest BCUT2D eigenvalue weighted by Crippen LogP contribution is 2.24. The number of hydrogen-bond donors (Lipinski definition) is 3. The van der Waals surface area contributed by atoms with E-state index in [1.54, 1.807) is 0 Å². The zero-order valence-corrected chi connectivity index (χ0v) is 13.3. The van der Waals surface area contributed by atoms with Crippen molar-refractivity contribution < 1.29 is 18.4 Å². The Bertz CT molecular complexity index is 617. The second-order valence-corrected chi connectivity index (χ2v) is 6.77. The Labute approximate surface area is 128 Å². The van der Waals surface area contributed by atoms with Gasteiger partial charge >= 0.3 is 0 Å². The van der Waals surface area contributed by atoms with Crippen LogP contribution in [-0.4, -0.2) is 37.9 Å². The standard InChI is InChI=1S/C12H18ClN3O4S/c1-8(2)20-5-6-21(18,19)16-11-4-3-9(7-10(11)13)12(14)15-17/h3-4,7-8,16-17H,5-6H2,1-2H3,(H2,14,15). The molecule has 0 aliphatic carbocycles. The summed E-state index contributed by atoms with van der Waals surface area (Å²) in [5.41, 5.74) is 6.02. The number of rotatable bonds is 7. The molecular formula is C12H18ClN3O4S. The van der Waals surface area contributed by atoms with Gasteiger partial charge in [-0.3, -0.25) is 4.72 Å². The van der Waals surface area contributed by atoms with Crippen molar-refractivity contribution in [3.63, 3.8) is 0 Å². The van der Waals surface area contributed by atoms with Gasteiger partial charge in [-0.1, -0.05) is 16.8 Å². The molecular weight excluding hydrogens is 318 g/mol. The quantitative estimate of drug-likeness (QED) is 0.303. The molecule has 7 nitrogen and oxygen atoms in total. The molecule has 1 aromatic rings. The molecule has 4 N–H and O–H groups in total. The van der Waals surface area contributed by atoms with E-state index in [1.165, 1.54) is 18.2 Å². The molecule has 0 bridgehead atoms. The summed E-state index contributed by atoms with van der Waals surface area (Å²) in [7, 11) is -3.56. The average molecular weight is 336 g/mol. The summed E-state index contributed by atoms with van der Waals surface area (Å²) in [5, 5.41) is 11.6. The fourth-order valence-electron chi connectivity index (χ4n) is 1.43. The van der Waals surface area contributed by atoms with E-state index in [0.29, 0.717) is 5.56 Å². The number of halogens is 1. The zero-order chi connectivity index (χ0) is 16.0. The Hall–Kier alpha value is -1.51. The maximum absolute atomic E-state index is 11.9. The molecule has 21 heavy (non-hydrogen) atoms. The monoisotopic (exact) mass is 335 g/mol. The van der Waals surface area contributed by atoms with Gasteiger partial charge in [-0.05, 0) is 32.0 Å². The summed E-state index contributed by atoms with van der Waals surface area (Å²) < 4.78 is 31.3. The SMILES string of the molecule is CC(C)OCCS(=O)(=O)Nc1ccc(/C(N)=N/O)cc1Cl. The summed E-state index contributed by atoms with van der Waals surface area (Å²) in [5.74, 6) is -0.291. The van der Waals surface area contributed by atoms with Gasteiger partial charge in [0.25, 0.3) is 0 Å². The molecule has 0 aliphatic heterocycles. The minimum atomic E-state index is -3.56. The van der Waals surface area contributed by atoms with Gasteiger partial charge in [0.1, 0.15) is 0 Å². The molecule has 0 spiro atoms. The maximum atomic E-state index is 11.9. The van der Waals surface area contributed by atoms with E-state index >= 15 is 0 Å². The van der Waals surface area contributed by atoms with Crippen molar-refractivity contribution in [3.8, 4) is 0 Å². The number of ether oxygens (including phenoxy) is 1. The Balaban J connectivity index is 2.79. The molecule has 0 saturated heterocycles. The minimum Gasteiger partial charge on any atom is -0.409 e. The van der Waals surface area contributed by atoms with Crippen LogP contribution >= 0.6 is 11.6 Å². The van der Waals surface area contributed by atoms with Crippen molar-refractivity contribution in [1.82, 2.24) is 0 Å². The summed E-state index contributed by atoms with van der Waals surface area (Å²) in [6.07, 6.45) is -0.0381. The number of sulfonamides is 1. The van der Waals surface area contributed by atoms with Crippen LogP contribution in [0.1, 0.15) is 19.4 Å².